The van der Waals surface area contributed by atoms with Crippen LogP contribution in [0.15, 0.2) is 54.7 Å². The third-order valence-corrected chi connectivity index (χ3v) is 4.38. The van der Waals surface area contributed by atoms with Gasteiger partial charge in [0, 0.05) is 23.5 Å². The van der Waals surface area contributed by atoms with E-state index >= 15 is 0 Å². The molecule has 27 heavy (non-hydrogen) atoms. The van der Waals surface area contributed by atoms with Crippen LogP contribution in [0.1, 0.15) is 27.2 Å². The number of rotatable bonds is 6. The first-order valence-electron chi connectivity index (χ1n) is 8.71. The Morgan fingerprint density at radius 3 is 2.59 bits per heavy atom. The molecule has 3 aromatic rings. The number of aromatic nitrogens is 2. The Bertz CT molecular complexity index is 941. The standard InChI is InChI=1S/C21H21ClN4O/c1-14-3-8-18(15(2)13-14)25-21-24-12-10-19(26-21)20(27)23-11-9-16-4-6-17(22)7-5-16/h3-8,10,12-13H,9,11H2,1-2H3,(H,23,27)(H,24,25,26). The number of anilines is 2. The van der Waals surface area contributed by atoms with Gasteiger partial charge >= 0.3 is 0 Å². The molecule has 0 radical (unpaired) electrons. The van der Waals surface area contributed by atoms with Gasteiger partial charge in [0.1, 0.15) is 5.69 Å². The van der Waals surface area contributed by atoms with Crippen molar-refractivity contribution in [1.29, 1.82) is 0 Å². The van der Waals surface area contributed by atoms with Crippen LogP contribution < -0.4 is 10.6 Å². The maximum atomic E-state index is 12.4. The molecule has 0 atom stereocenters. The second-order valence-electron chi connectivity index (χ2n) is 6.34. The van der Waals surface area contributed by atoms with Crippen molar-refractivity contribution in [2.45, 2.75) is 20.3 Å². The van der Waals surface area contributed by atoms with Crippen molar-refractivity contribution in [2.75, 3.05) is 11.9 Å². The summed E-state index contributed by atoms with van der Waals surface area (Å²) in [6.07, 6.45) is 2.30. The number of aryl methyl sites for hydroxylation is 2. The number of carbonyl (C=O) groups excluding carboxylic acids is 1. The van der Waals surface area contributed by atoms with Crippen molar-refractivity contribution in [3.63, 3.8) is 0 Å². The van der Waals surface area contributed by atoms with E-state index in [-0.39, 0.29) is 5.91 Å². The summed E-state index contributed by atoms with van der Waals surface area (Å²) < 4.78 is 0. The topological polar surface area (TPSA) is 66.9 Å². The number of hydrogen-bond donors (Lipinski definition) is 2. The second kappa shape index (κ2) is 8.64. The average Bonchev–Trinajstić information content (AvgIpc) is 2.66. The van der Waals surface area contributed by atoms with Gasteiger partial charge in [-0.1, -0.05) is 41.4 Å². The molecule has 2 N–H and O–H groups in total. The highest BCUT2D eigenvalue weighted by Crippen LogP contribution is 2.19. The van der Waals surface area contributed by atoms with Crippen LogP contribution in [-0.4, -0.2) is 22.4 Å². The summed E-state index contributed by atoms with van der Waals surface area (Å²) >= 11 is 5.88. The van der Waals surface area contributed by atoms with Gasteiger partial charge in [-0.15, -0.1) is 0 Å². The third-order valence-electron chi connectivity index (χ3n) is 4.13. The summed E-state index contributed by atoms with van der Waals surface area (Å²) in [6, 6.07) is 15.3. The van der Waals surface area contributed by atoms with E-state index in [4.69, 9.17) is 11.6 Å². The van der Waals surface area contributed by atoms with Crippen molar-refractivity contribution in [1.82, 2.24) is 15.3 Å². The van der Waals surface area contributed by atoms with Crippen LogP contribution in [0.3, 0.4) is 0 Å². The van der Waals surface area contributed by atoms with Crippen molar-refractivity contribution in [3.05, 3.63) is 82.1 Å². The average molecular weight is 381 g/mol. The van der Waals surface area contributed by atoms with Gasteiger partial charge in [-0.05, 0) is 55.7 Å². The van der Waals surface area contributed by atoms with Gasteiger partial charge in [-0.25, -0.2) is 9.97 Å². The van der Waals surface area contributed by atoms with Gasteiger partial charge in [-0.2, -0.15) is 0 Å². The van der Waals surface area contributed by atoms with Crippen LogP contribution in [0.4, 0.5) is 11.6 Å². The smallest absolute Gasteiger partial charge is 0.270 e. The minimum atomic E-state index is -0.227. The molecule has 0 saturated carbocycles. The Hall–Kier alpha value is -2.92. The summed E-state index contributed by atoms with van der Waals surface area (Å²) in [4.78, 5) is 20.9. The molecular weight excluding hydrogens is 360 g/mol. The van der Waals surface area contributed by atoms with E-state index in [1.54, 1.807) is 12.3 Å². The predicted octanol–water partition coefficient (Wildman–Crippen LogP) is 4.46. The van der Waals surface area contributed by atoms with Crippen molar-refractivity contribution >= 4 is 29.1 Å². The van der Waals surface area contributed by atoms with Crippen molar-refractivity contribution in [2.24, 2.45) is 0 Å². The van der Waals surface area contributed by atoms with Gasteiger partial charge in [0.2, 0.25) is 5.95 Å². The first-order valence-corrected chi connectivity index (χ1v) is 9.09. The highest BCUT2D eigenvalue weighted by Gasteiger charge is 2.09. The molecular formula is C21H21ClN4O. The summed E-state index contributed by atoms with van der Waals surface area (Å²) in [5.41, 5.74) is 4.64. The molecule has 1 aromatic heterocycles. The van der Waals surface area contributed by atoms with E-state index in [1.165, 1.54) is 5.56 Å². The summed E-state index contributed by atoms with van der Waals surface area (Å²) in [5, 5.41) is 6.75. The highest BCUT2D eigenvalue weighted by molar-refractivity contribution is 6.30. The summed E-state index contributed by atoms with van der Waals surface area (Å²) in [7, 11) is 0. The Morgan fingerprint density at radius 2 is 1.85 bits per heavy atom. The van der Waals surface area contributed by atoms with E-state index in [9.17, 15) is 4.79 Å². The summed E-state index contributed by atoms with van der Waals surface area (Å²) in [6.45, 7) is 4.58. The number of hydrogen-bond acceptors (Lipinski definition) is 4. The SMILES string of the molecule is Cc1ccc(Nc2nccc(C(=O)NCCc3ccc(Cl)cc3)n2)c(C)c1. The maximum absolute atomic E-state index is 12.4. The maximum Gasteiger partial charge on any atom is 0.270 e. The van der Waals surface area contributed by atoms with Crippen molar-refractivity contribution in [3.8, 4) is 0 Å². The normalized spacial score (nSPS) is 10.5. The Labute approximate surface area is 163 Å². The molecule has 0 bridgehead atoms. The van der Waals surface area contributed by atoms with Crippen molar-refractivity contribution < 1.29 is 4.79 Å². The fourth-order valence-electron chi connectivity index (χ4n) is 2.68. The van der Waals surface area contributed by atoms with Crippen LogP contribution in [0.5, 0.6) is 0 Å². The van der Waals surface area contributed by atoms with E-state index in [2.05, 4.69) is 26.7 Å². The Kier molecular flexibility index (Phi) is 6.04. The lowest BCUT2D eigenvalue weighted by atomic mass is 10.1. The first kappa shape index (κ1) is 18.9. The third kappa shape index (κ3) is 5.28. The summed E-state index contributed by atoms with van der Waals surface area (Å²) in [5.74, 6) is 0.169. The quantitative estimate of drug-likeness (QED) is 0.662. The molecule has 1 heterocycles. The molecule has 1 amide bonds. The molecule has 0 saturated heterocycles. The van der Waals surface area contributed by atoms with Gasteiger partial charge in [0.05, 0.1) is 0 Å². The lowest BCUT2D eigenvalue weighted by Gasteiger charge is -2.10. The number of benzene rings is 2. The predicted molar refractivity (Wildman–Crippen MR) is 109 cm³/mol. The monoisotopic (exact) mass is 380 g/mol. The van der Waals surface area contributed by atoms with Crippen LogP contribution in [-0.2, 0) is 6.42 Å². The zero-order chi connectivity index (χ0) is 19.2. The van der Waals surface area contributed by atoms with Crippen LogP contribution in [0, 0.1) is 13.8 Å². The first-order chi connectivity index (χ1) is 13.0. The van der Waals surface area contributed by atoms with Gasteiger partial charge in [0.15, 0.2) is 0 Å². The Balaban J connectivity index is 1.60. The van der Waals surface area contributed by atoms with E-state index < -0.39 is 0 Å². The molecule has 0 aliphatic carbocycles. The number of amides is 1. The zero-order valence-electron chi connectivity index (χ0n) is 15.3. The van der Waals surface area contributed by atoms with E-state index in [1.807, 2.05) is 50.2 Å². The molecule has 5 nitrogen and oxygen atoms in total. The zero-order valence-corrected chi connectivity index (χ0v) is 16.0. The Morgan fingerprint density at radius 1 is 1.07 bits per heavy atom. The lowest BCUT2D eigenvalue weighted by Crippen LogP contribution is -2.26. The molecule has 0 unspecified atom stereocenters. The van der Waals surface area contributed by atoms with Crippen LogP contribution >= 0.6 is 11.6 Å². The number of nitrogens with zero attached hydrogens (tertiary/aromatic N) is 2. The van der Waals surface area contributed by atoms with Gasteiger partial charge in [-0.3, -0.25) is 4.79 Å². The second-order valence-corrected chi connectivity index (χ2v) is 6.78. The highest BCUT2D eigenvalue weighted by atomic mass is 35.5. The number of carbonyl (C=O) groups is 1. The number of halogens is 1. The molecule has 0 fully saturated rings. The molecule has 138 valence electrons. The largest absolute Gasteiger partial charge is 0.350 e. The fraction of sp³-hybridized carbons (Fsp3) is 0.190. The number of nitrogens with one attached hydrogen (secondary N) is 2. The minimum absolute atomic E-state index is 0.227. The van der Waals surface area contributed by atoms with Gasteiger partial charge < -0.3 is 10.6 Å². The molecule has 0 aliphatic rings. The van der Waals surface area contributed by atoms with Crippen LogP contribution in [0.2, 0.25) is 5.02 Å². The molecule has 0 aliphatic heterocycles. The lowest BCUT2D eigenvalue weighted by molar-refractivity contribution is 0.0949. The van der Waals surface area contributed by atoms with E-state index in [0.29, 0.717) is 23.2 Å². The van der Waals surface area contributed by atoms with Gasteiger partial charge in [0.25, 0.3) is 5.91 Å². The van der Waals surface area contributed by atoms with E-state index in [0.717, 1.165) is 23.2 Å². The molecule has 2 aromatic carbocycles. The van der Waals surface area contributed by atoms with Crippen LogP contribution in [0.25, 0.3) is 0 Å². The molecule has 3 rings (SSSR count). The molecule has 6 heteroatoms. The fourth-order valence-corrected chi connectivity index (χ4v) is 2.81. The minimum Gasteiger partial charge on any atom is -0.350 e. The molecule has 0 spiro atoms.